The minimum atomic E-state index is 0.331. The van der Waals surface area contributed by atoms with Crippen LogP contribution in [0.1, 0.15) is 24.5 Å². The Bertz CT molecular complexity index is 316. The molecule has 14 heavy (non-hydrogen) atoms. The van der Waals surface area contributed by atoms with Crippen molar-refractivity contribution in [2.24, 2.45) is 0 Å². The smallest absolute Gasteiger partial charge is 0.104 e. The summed E-state index contributed by atoms with van der Waals surface area (Å²) in [5.41, 5.74) is 1.34. The molecule has 2 heterocycles. The number of rotatable bonds is 1. The molecule has 2 unspecified atom stereocenters. The van der Waals surface area contributed by atoms with Gasteiger partial charge in [-0.25, -0.2) is 0 Å². The molecule has 3 atom stereocenters. The van der Waals surface area contributed by atoms with E-state index in [9.17, 15) is 0 Å². The number of nitrogens with zero attached hydrogens (tertiary/aromatic N) is 1. The van der Waals surface area contributed by atoms with Crippen molar-refractivity contribution in [2.75, 3.05) is 6.54 Å². The first-order valence-electron chi connectivity index (χ1n) is 5.18. The molecular weight excluding hydrogens is 193 g/mol. The highest BCUT2D eigenvalue weighted by atomic mass is 31.1. The molecule has 0 radical (unpaired) electrons. The third-order valence-corrected chi connectivity index (χ3v) is 4.22. The van der Waals surface area contributed by atoms with E-state index in [2.05, 4.69) is 35.0 Å². The number of hydrogen-bond donors (Lipinski definition) is 0. The van der Waals surface area contributed by atoms with Gasteiger partial charge in [-0.3, -0.25) is 4.67 Å². The average Bonchev–Trinajstić information content (AvgIpc) is 2.79. The maximum absolute atomic E-state index is 5.86. The second-order valence-electron chi connectivity index (χ2n) is 3.94. The predicted molar refractivity (Wildman–Crippen MR) is 58.3 cm³/mol. The molecule has 2 saturated heterocycles. The molecule has 0 saturated carbocycles. The van der Waals surface area contributed by atoms with Crippen LogP contribution in [0.25, 0.3) is 0 Å². The lowest BCUT2D eigenvalue weighted by Gasteiger charge is -2.17. The van der Waals surface area contributed by atoms with Gasteiger partial charge in [-0.2, -0.15) is 0 Å². The van der Waals surface area contributed by atoms with Gasteiger partial charge in [-0.1, -0.05) is 30.3 Å². The molecule has 0 N–H and O–H groups in total. The van der Waals surface area contributed by atoms with Gasteiger partial charge in [0.2, 0.25) is 0 Å². The average molecular weight is 207 g/mol. The quantitative estimate of drug-likeness (QED) is 0.656. The van der Waals surface area contributed by atoms with Crippen LogP contribution in [0.5, 0.6) is 0 Å². The van der Waals surface area contributed by atoms with E-state index < -0.39 is 0 Å². The van der Waals surface area contributed by atoms with Crippen LogP contribution in [-0.4, -0.2) is 17.3 Å². The summed E-state index contributed by atoms with van der Waals surface area (Å²) >= 11 is 0. The van der Waals surface area contributed by atoms with Crippen molar-refractivity contribution in [1.82, 2.24) is 4.67 Å². The predicted octanol–water partition coefficient (Wildman–Crippen LogP) is 2.73. The lowest BCUT2D eigenvalue weighted by Crippen LogP contribution is -2.21. The van der Waals surface area contributed by atoms with E-state index in [0.717, 1.165) is 0 Å². The van der Waals surface area contributed by atoms with Gasteiger partial charge in [0, 0.05) is 12.6 Å². The Morgan fingerprint density at radius 3 is 3.00 bits per heavy atom. The van der Waals surface area contributed by atoms with Crippen molar-refractivity contribution in [3.05, 3.63) is 35.9 Å². The molecule has 0 aliphatic carbocycles. The molecule has 1 aromatic rings. The molecule has 2 aliphatic heterocycles. The zero-order valence-electron chi connectivity index (χ0n) is 8.02. The summed E-state index contributed by atoms with van der Waals surface area (Å²) in [7, 11) is 0.582. The topological polar surface area (TPSA) is 12.5 Å². The summed E-state index contributed by atoms with van der Waals surface area (Å²) in [5, 5.41) is 0. The fourth-order valence-electron chi connectivity index (χ4n) is 2.36. The Morgan fingerprint density at radius 1 is 1.29 bits per heavy atom. The molecule has 3 heteroatoms. The number of benzene rings is 1. The van der Waals surface area contributed by atoms with Gasteiger partial charge in [0.25, 0.3) is 0 Å². The fraction of sp³-hybridized carbons (Fsp3) is 0.455. The first-order valence-corrected chi connectivity index (χ1v) is 6.03. The third-order valence-electron chi connectivity index (χ3n) is 3.07. The van der Waals surface area contributed by atoms with Crippen molar-refractivity contribution in [3.63, 3.8) is 0 Å². The summed E-state index contributed by atoms with van der Waals surface area (Å²) in [5.74, 6) is 0. The van der Waals surface area contributed by atoms with Gasteiger partial charge in [-0.15, -0.1) is 0 Å². The first-order chi connectivity index (χ1) is 6.95. The summed E-state index contributed by atoms with van der Waals surface area (Å²) in [6, 6.07) is 11.3. The van der Waals surface area contributed by atoms with Gasteiger partial charge < -0.3 is 4.52 Å². The molecule has 2 aliphatic rings. The Balaban J connectivity index is 1.86. The zero-order chi connectivity index (χ0) is 9.38. The van der Waals surface area contributed by atoms with Gasteiger partial charge in [0.05, 0.1) is 8.96 Å². The highest BCUT2D eigenvalue weighted by molar-refractivity contribution is 7.29. The maximum Gasteiger partial charge on any atom is 0.104 e. The number of fused-ring (bicyclic) bond motifs is 1. The minimum Gasteiger partial charge on any atom is -0.337 e. The van der Waals surface area contributed by atoms with E-state index in [-0.39, 0.29) is 0 Å². The Morgan fingerprint density at radius 2 is 2.14 bits per heavy atom. The molecule has 2 nitrogen and oxygen atoms in total. The van der Waals surface area contributed by atoms with Crippen molar-refractivity contribution >= 4 is 8.96 Å². The highest BCUT2D eigenvalue weighted by Crippen LogP contribution is 2.48. The van der Waals surface area contributed by atoms with Crippen LogP contribution in [-0.2, 0) is 4.52 Å². The largest absolute Gasteiger partial charge is 0.337 e. The van der Waals surface area contributed by atoms with Gasteiger partial charge in [-0.05, 0) is 18.4 Å². The monoisotopic (exact) mass is 207 g/mol. The van der Waals surface area contributed by atoms with Crippen molar-refractivity contribution < 1.29 is 4.52 Å². The lowest BCUT2D eigenvalue weighted by atomic mass is 10.0. The molecule has 0 amide bonds. The van der Waals surface area contributed by atoms with E-state index in [1.54, 1.807) is 0 Å². The normalized spacial score (nSPS) is 33.7. The minimum absolute atomic E-state index is 0.331. The summed E-state index contributed by atoms with van der Waals surface area (Å²) in [4.78, 5) is 0. The maximum atomic E-state index is 5.86. The van der Waals surface area contributed by atoms with E-state index in [1.807, 2.05) is 0 Å². The van der Waals surface area contributed by atoms with E-state index in [1.165, 1.54) is 24.9 Å². The van der Waals surface area contributed by atoms with E-state index in [4.69, 9.17) is 4.52 Å². The Labute approximate surface area is 86.2 Å². The van der Waals surface area contributed by atoms with Crippen LogP contribution in [0.4, 0.5) is 0 Å². The van der Waals surface area contributed by atoms with Gasteiger partial charge in [0.15, 0.2) is 0 Å². The second kappa shape index (κ2) is 3.62. The van der Waals surface area contributed by atoms with Crippen LogP contribution in [0.3, 0.4) is 0 Å². The molecule has 3 rings (SSSR count). The number of hydrogen-bond acceptors (Lipinski definition) is 2. The molecule has 0 bridgehead atoms. The van der Waals surface area contributed by atoms with Crippen LogP contribution >= 0.6 is 8.96 Å². The molecule has 0 aromatic heterocycles. The Hall–Kier alpha value is -0.430. The van der Waals surface area contributed by atoms with E-state index >= 15 is 0 Å². The fourth-order valence-corrected chi connectivity index (χ4v) is 3.55. The lowest BCUT2D eigenvalue weighted by molar-refractivity contribution is 0.216. The van der Waals surface area contributed by atoms with Crippen molar-refractivity contribution in [1.29, 1.82) is 0 Å². The second-order valence-corrected chi connectivity index (χ2v) is 4.94. The molecule has 74 valence electrons. The van der Waals surface area contributed by atoms with Crippen LogP contribution in [0.15, 0.2) is 30.3 Å². The zero-order valence-corrected chi connectivity index (χ0v) is 9.02. The van der Waals surface area contributed by atoms with Gasteiger partial charge in [0.1, 0.15) is 6.10 Å². The van der Waals surface area contributed by atoms with Crippen LogP contribution < -0.4 is 0 Å². The van der Waals surface area contributed by atoms with Crippen LogP contribution in [0.2, 0.25) is 0 Å². The highest BCUT2D eigenvalue weighted by Gasteiger charge is 2.39. The van der Waals surface area contributed by atoms with Gasteiger partial charge >= 0.3 is 0 Å². The summed E-state index contributed by atoms with van der Waals surface area (Å²) in [6.07, 6.45) is 2.97. The molecule has 2 fully saturated rings. The summed E-state index contributed by atoms with van der Waals surface area (Å²) in [6.45, 7) is 1.23. The van der Waals surface area contributed by atoms with Crippen molar-refractivity contribution in [3.8, 4) is 0 Å². The SMILES string of the molecule is c1ccc(C2OPN3CCC[C@@H]23)cc1. The van der Waals surface area contributed by atoms with Crippen LogP contribution in [0, 0.1) is 0 Å². The molecular formula is C11H14NOP. The Kier molecular flexibility index (Phi) is 2.28. The molecule has 1 aromatic carbocycles. The molecule has 0 spiro atoms. The van der Waals surface area contributed by atoms with E-state index in [0.29, 0.717) is 21.1 Å². The first kappa shape index (κ1) is 8.84. The standard InChI is InChI=1S/C11H14NOP/c1-2-5-9(6-3-1)11-10-7-4-8-12(10)14-13-11/h1-3,5-6,10-11,14H,4,7-8H2/t10-,11?/m0/s1. The third kappa shape index (κ3) is 1.38. The van der Waals surface area contributed by atoms with Crippen molar-refractivity contribution in [2.45, 2.75) is 25.0 Å². The summed E-state index contributed by atoms with van der Waals surface area (Å²) < 4.78 is 8.34.